The highest BCUT2D eigenvalue weighted by molar-refractivity contribution is 14.0. The van der Waals surface area contributed by atoms with Crippen LogP contribution in [0.25, 0.3) is 0 Å². The molecule has 0 saturated carbocycles. The highest BCUT2D eigenvalue weighted by Gasteiger charge is 1.88. The largest absolute Gasteiger partial charge is 0.107 e. The lowest BCUT2D eigenvalue weighted by molar-refractivity contribution is 0.962. The van der Waals surface area contributed by atoms with Crippen molar-refractivity contribution in [1.29, 1.82) is 0 Å². The lowest BCUT2D eigenvalue weighted by Gasteiger charge is -1.98. The summed E-state index contributed by atoms with van der Waals surface area (Å²) in [5, 5.41) is 0. The van der Waals surface area contributed by atoms with Gasteiger partial charge in [-0.15, -0.1) is 24.0 Å². The first-order valence-corrected chi connectivity index (χ1v) is 3.72. The molecule has 0 unspecified atom stereocenters. The second-order valence-corrected chi connectivity index (χ2v) is 1.98. The van der Waals surface area contributed by atoms with E-state index in [9.17, 15) is 0 Å². The van der Waals surface area contributed by atoms with Crippen LogP contribution in [0.5, 0.6) is 0 Å². The molecule has 1 aliphatic carbocycles. The van der Waals surface area contributed by atoms with Gasteiger partial charge in [0, 0.05) is 0 Å². The van der Waals surface area contributed by atoms with Crippen molar-refractivity contribution in [3.8, 4) is 0 Å². The van der Waals surface area contributed by atoms with Gasteiger partial charge in [0.15, 0.2) is 0 Å². The van der Waals surface area contributed by atoms with E-state index in [0.717, 1.165) is 0 Å². The van der Waals surface area contributed by atoms with E-state index in [1.54, 1.807) is 0 Å². The molecule has 0 spiro atoms. The van der Waals surface area contributed by atoms with Crippen molar-refractivity contribution in [3.05, 3.63) is 23.8 Å². The first-order chi connectivity index (χ1) is 4.39. The second kappa shape index (κ2) is 9.21. The summed E-state index contributed by atoms with van der Waals surface area (Å²) in [6.45, 7) is 6.17. The van der Waals surface area contributed by atoms with E-state index < -0.39 is 0 Å². The third kappa shape index (κ3) is 6.33. The lowest BCUT2D eigenvalue weighted by atomic mass is 10.1. The summed E-state index contributed by atoms with van der Waals surface area (Å²) in [7, 11) is 0. The smallest absolute Gasteiger partial charge is 0.0285 e. The van der Waals surface area contributed by atoms with Crippen LogP contribution < -0.4 is 0 Å². The molecule has 1 heteroatoms. The van der Waals surface area contributed by atoms with E-state index >= 15 is 0 Å². The molecule has 0 bridgehead atoms. The summed E-state index contributed by atoms with van der Waals surface area (Å²) in [5.74, 6) is 0. The summed E-state index contributed by atoms with van der Waals surface area (Å²) in [4.78, 5) is 0. The average Bonchev–Trinajstić information content (AvgIpc) is 1.94. The van der Waals surface area contributed by atoms with Crippen molar-refractivity contribution in [3.63, 3.8) is 0 Å². The number of hydrogen-bond acceptors (Lipinski definition) is 0. The van der Waals surface area contributed by atoms with Crippen molar-refractivity contribution in [1.82, 2.24) is 0 Å². The Labute approximate surface area is 81.4 Å². The molecule has 0 aromatic heterocycles. The van der Waals surface area contributed by atoms with Gasteiger partial charge in [0.25, 0.3) is 0 Å². The molecule has 0 fully saturated rings. The van der Waals surface area contributed by atoms with Crippen LogP contribution in [0.3, 0.4) is 0 Å². The molecule has 0 heterocycles. The van der Waals surface area contributed by atoms with E-state index in [4.69, 9.17) is 0 Å². The SMILES string of the molecule is CC.CC1=CC=CCC1.I. The predicted molar refractivity (Wildman–Crippen MR) is 58.9 cm³/mol. The molecule has 0 amide bonds. The minimum Gasteiger partial charge on any atom is -0.107 e. The Kier molecular flexibility index (Phi) is 11.8. The van der Waals surface area contributed by atoms with Crippen molar-refractivity contribution in [2.24, 2.45) is 0 Å². The van der Waals surface area contributed by atoms with E-state index in [1.807, 2.05) is 13.8 Å². The van der Waals surface area contributed by atoms with E-state index in [2.05, 4.69) is 25.2 Å². The lowest BCUT2D eigenvalue weighted by Crippen LogP contribution is -1.78. The standard InChI is InChI=1S/C7H10.C2H6.HI/c1-7-5-3-2-4-6-7;1-2;/h2-3,5H,4,6H2,1H3;1-2H3;1H. The summed E-state index contributed by atoms with van der Waals surface area (Å²) >= 11 is 0. The van der Waals surface area contributed by atoms with Gasteiger partial charge in [0.05, 0.1) is 0 Å². The Morgan fingerprint density at radius 3 is 2.10 bits per heavy atom. The van der Waals surface area contributed by atoms with Gasteiger partial charge in [-0.2, -0.15) is 0 Å². The Hall–Kier alpha value is 0.210. The molecule has 60 valence electrons. The van der Waals surface area contributed by atoms with Crippen LogP contribution in [0.1, 0.15) is 33.6 Å². The normalized spacial score (nSPS) is 14.1. The van der Waals surface area contributed by atoms with Crippen molar-refractivity contribution < 1.29 is 0 Å². The summed E-state index contributed by atoms with van der Waals surface area (Å²) < 4.78 is 0. The van der Waals surface area contributed by atoms with Crippen LogP contribution in [0, 0.1) is 0 Å². The van der Waals surface area contributed by atoms with Crippen LogP contribution in [-0.2, 0) is 0 Å². The molecule has 0 aliphatic heterocycles. The fraction of sp³-hybridized carbons (Fsp3) is 0.556. The minimum absolute atomic E-state index is 0. The molecule has 0 aromatic carbocycles. The van der Waals surface area contributed by atoms with Gasteiger partial charge in [-0.25, -0.2) is 0 Å². The highest BCUT2D eigenvalue weighted by atomic mass is 127. The Bertz CT molecular complexity index is 112. The van der Waals surface area contributed by atoms with E-state index in [1.165, 1.54) is 18.4 Å². The zero-order valence-corrected chi connectivity index (χ0v) is 9.38. The van der Waals surface area contributed by atoms with Gasteiger partial charge < -0.3 is 0 Å². The molecule has 0 nitrogen and oxygen atoms in total. The molecule has 0 saturated heterocycles. The van der Waals surface area contributed by atoms with Crippen LogP contribution in [0.2, 0.25) is 0 Å². The maximum Gasteiger partial charge on any atom is -0.0285 e. The first kappa shape index (κ1) is 12.8. The number of rotatable bonds is 0. The quantitative estimate of drug-likeness (QED) is 0.573. The summed E-state index contributed by atoms with van der Waals surface area (Å²) in [5.41, 5.74) is 1.50. The third-order valence-electron chi connectivity index (χ3n) is 1.22. The Morgan fingerprint density at radius 2 is 1.90 bits per heavy atom. The van der Waals surface area contributed by atoms with Gasteiger partial charge in [-0.3, -0.25) is 0 Å². The Balaban J connectivity index is 0. The van der Waals surface area contributed by atoms with Crippen LogP contribution in [-0.4, -0.2) is 0 Å². The maximum atomic E-state index is 2.20. The first-order valence-electron chi connectivity index (χ1n) is 3.72. The van der Waals surface area contributed by atoms with Gasteiger partial charge in [-0.1, -0.05) is 37.6 Å². The van der Waals surface area contributed by atoms with Crippen LogP contribution in [0.4, 0.5) is 0 Å². The van der Waals surface area contributed by atoms with Crippen molar-refractivity contribution in [2.45, 2.75) is 33.6 Å². The monoisotopic (exact) mass is 252 g/mol. The second-order valence-electron chi connectivity index (χ2n) is 1.98. The molecule has 0 radical (unpaired) electrons. The van der Waals surface area contributed by atoms with Gasteiger partial charge in [0.2, 0.25) is 0 Å². The number of halogens is 1. The van der Waals surface area contributed by atoms with Gasteiger partial charge >= 0.3 is 0 Å². The fourth-order valence-electron chi connectivity index (χ4n) is 0.723. The molecule has 10 heavy (non-hydrogen) atoms. The fourth-order valence-corrected chi connectivity index (χ4v) is 0.723. The van der Waals surface area contributed by atoms with Gasteiger partial charge in [0.1, 0.15) is 0 Å². The van der Waals surface area contributed by atoms with Crippen LogP contribution in [0.15, 0.2) is 23.8 Å². The molecule has 0 aromatic rings. The highest BCUT2D eigenvalue weighted by Crippen LogP contribution is 2.08. The van der Waals surface area contributed by atoms with E-state index in [-0.39, 0.29) is 24.0 Å². The van der Waals surface area contributed by atoms with E-state index in [0.29, 0.717) is 0 Å². The minimum atomic E-state index is 0. The molecule has 0 atom stereocenters. The number of allylic oxidation sites excluding steroid dienone is 4. The Morgan fingerprint density at radius 1 is 1.30 bits per heavy atom. The molecule has 1 aliphatic rings. The summed E-state index contributed by atoms with van der Waals surface area (Å²) in [6, 6.07) is 0. The zero-order valence-electron chi connectivity index (χ0n) is 7.05. The molecular formula is C9H17I. The predicted octanol–water partition coefficient (Wildman–Crippen LogP) is 3.93. The van der Waals surface area contributed by atoms with Crippen LogP contribution >= 0.6 is 24.0 Å². The molecular weight excluding hydrogens is 235 g/mol. The van der Waals surface area contributed by atoms with Crippen molar-refractivity contribution in [2.75, 3.05) is 0 Å². The average molecular weight is 252 g/mol. The third-order valence-corrected chi connectivity index (χ3v) is 1.22. The van der Waals surface area contributed by atoms with Gasteiger partial charge in [-0.05, 0) is 19.8 Å². The maximum absolute atomic E-state index is 2.20. The summed E-state index contributed by atoms with van der Waals surface area (Å²) in [6.07, 6.45) is 8.99. The molecule has 0 N–H and O–H groups in total. The molecule has 1 rings (SSSR count). The van der Waals surface area contributed by atoms with Crippen molar-refractivity contribution >= 4 is 24.0 Å². The topological polar surface area (TPSA) is 0 Å². The zero-order chi connectivity index (χ0) is 7.11. The number of hydrogen-bond donors (Lipinski definition) is 0.